The van der Waals surface area contributed by atoms with E-state index in [9.17, 15) is 9.59 Å². The van der Waals surface area contributed by atoms with Crippen molar-refractivity contribution in [3.05, 3.63) is 0 Å². The van der Waals surface area contributed by atoms with E-state index in [0.717, 1.165) is 6.54 Å². The van der Waals surface area contributed by atoms with Gasteiger partial charge in [-0.2, -0.15) is 0 Å². The van der Waals surface area contributed by atoms with Crippen LogP contribution in [0.2, 0.25) is 0 Å². The third-order valence-electron chi connectivity index (χ3n) is 2.78. The van der Waals surface area contributed by atoms with Gasteiger partial charge in [-0.25, -0.2) is 4.79 Å². The molecule has 1 aliphatic rings. The number of carboxylic acid groups (broad SMARTS) is 1. The van der Waals surface area contributed by atoms with Gasteiger partial charge in [-0.15, -0.1) is 0 Å². The van der Waals surface area contributed by atoms with Crippen LogP contribution in [0, 0.1) is 0 Å². The summed E-state index contributed by atoms with van der Waals surface area (Å²) < 4.78 is 0. The number of likely N-dealkylation sites (N-methyl/N-ethyl adjacent to an activating group) is 2. The van der Waals surface area contributed by atoms with Crippen LogP contribution in [0.1, 0.15) is 6.42 Å². The molecule has 1 atom stereocenters. The third-order valence-corrected chi connectivity index (χ3v) is 2.78. The molecule has 1 saturated heterocycles. The maximum Gasteiger partial charge on any atom is 0.320 e. The van der Waals surface area contributed by atoms with Crippen LogP contribution in [-0.2, 0) is 4.79 Å². The number of carbonyl (C=O) groups excluding carboxylic acids is 1. The number of aliphatic carboxylic acids is 1. The van der Waals surface area contributed by atoms with Gasteiger partial charge < -0.3 is 19.8 Å². The Bertz CT molecular complexity index is 280. The average molecular weight is 229 g/mol. The van der Waals surface area contributed by atoms with Gasteiger partial charge in [-0.1, -0.05) is 0 Å². The smallest absolute Gasteiger partial charge is 0.320 e. The molecule has 0 aliphatic carbocycles. The van der Waals surface area contributed by atoms with E-state index < -0.39 is 5.97 Å². The summed E-state index contributed by atoms with van der Waals surface area (Å²) in [6.07, 6.45) is 0.0146. The Morgan fingerprint density at radius 1 is 1.56 bits per heavy atom. The predicted molar refractivity (Wildman–Crippen MR) is 59.3 cm³/mol. The SMILES string of the molecule is CN(C)CCN1CC(CC(=O)O)N(C)C1=O. The molecule has 1 N–H and O–H groups in total. The normalized spacial score (nSPS) is 21.0. The highest BCUT2D eigenvalue weighted by atomic mass is 16.4. The van der Waals surface area contributed by atoms with E-state index in [2.05, 4.69) is 0 Å². The first-order valence-electron chi connectivity index (χ1n) is 5.30. The molecule has 0 spiro atoms. The van der Waals surface area contributed by atoms with E-state index in [4.69, 9.17) is 5.11 Å². The Balaban J connectivity index is 2.50. The van der Waals surface area contributed by atoms with Crippen LogP contribution < -0.4 is 0 Å². The van der Waals surface area contributed by atoms with E-state index in [1.54, 1.807) is 11.9 Å². The van der Waals surface area contributed by atoms with Crippen LogP contribution in [0.15, 0.2) is 0 Å². The second kappa shape index (κ2) is 5.16. The first-order valence-corrected chi connectivity index (χ1v) is 5.30. The Morgan fingerprint density at radius 2 is 2.19 bits per heavy atom. The molecule has 16 heavy (non-hydrogen) atoms. The lowest BCUT2D eigenvalue weighted by Crippen LogP contribution is -2.35. The van der Waals surface area contributed by atoms with Gasteiger partial charge in [0.25, 0.3) is 0 Å². The zero-order valence-corrected chi connectivity index (χ0v) is 10.0. The molecule has 92 valence electrons. The number of hydrogen-bond acceptors (Lipinski definition) is 3. The van der Waals surface area contributed by atoms with Crippen LogP contribution >= 0.6 is 0 Å². The van der Waals surface area contributed by atoms with E-state index in [-0.39, 0.29) is 18.5 Å². The van der Waals surface area contributed by atoms with Crippen molar-refractivity contribution >= 4 is 12.0 Å². The minimum atomic E-state index is -0.862. The number of nitrogens with zero attached hydrogens (tertiary/aromatic N) is 3. The van der Waals surface area contributed by atoms with Crippen molar-refractivity contribution in [2.75, 3.05) is 40.8 Å². The van der Waals surface area contributed by atoms with Gasteiger partial charge in [0.05, 0.1) is 12.5 Å². The van der Waals surface area contributed by atoms with Crippen LogP contribution in [-0.4, -0.2) is 78.6 Å². The fourth-order valence-corrected chi connectivity index (χ4v) is 1.74. The number of carbonyl (C=O) groups is 2. The fourth-order valence-electron chi connectivity index (χ4n) is 1.74. The Kier molecular flexibility index (Phi) is 4.12. The highest BCUT2D eigenvalue weighted by molar-refractivity contribution is 5.78. The van der Waals surface area contributed by atoms with Crippen LogP contribution in [0.5, 0.6) is 0 Å². The van der Waals surface area contributed by atoms with Crippen LogP contribution in [0.25, 0.3) is 0 Å². The molecule has 1 unspecified atom stereocenters. The number of amides is 2. The summed E-state index contributed by atoms with van der Waals surface area (Å²) in [4.78, 5) is 27.6. The molecular formula is C10H19N3O3. The fraction of sp³-hybridized carbons (Fsp3) is 0.800. The lowest BCUT2D eigenvalue weighted by Gasteiger charge is -2.18. The first-order chi connectivity index (χ1) is 7.41. The lowest BCUT2D eigenvalue weighted by molar-refractivity contribution is -0.137. The molecule has 6 nitrogen and oxygen atoms in total. The Morgan fingerprint density at radius 3 is 2.69 bits per heavy atom. The number of urea groups is 1. The van der Waals surface area contributed by atoms with Gasteiger partial charge in [0.15, 0.2) is 0 Å². The summed E-state index contributed by atoms with van der Waals surface area (Å²) in [5.74, 6) is -0.862. The number of hydrogen-bond donors (Lipinski definition) is 1. The van der Waals surface area contributed by atoms with Crippen molar-refractivity contribution < 1.29 is 14.7 Å². The van der Waals surface area contributed by atoms with Crippen LogP contribution in [0.4, 0.5) is 4.79 Å². The number of rotatable bonds is 5. The Hall–Kier alpha value is -1.30. The molecule has 0 aromatic heterocycles. The average Bonchev–Trinajstić information content (AvgIpc) is 2.42. The quantitative estimate of drug-likeness (QED) is 0.706. The summed E-state index contributed by atoms with van der Waals surface area (Å²) >= 11 is 0. The molecule has 0 radical (unpaired) electrons. The van der Waals surface area contributed by atoms with Crippen molar-refractivity contribution in [3.63, 3.8) is 0 Å². The molecule has 1 aliphatic heterocycles. The minimum absolute atomic E-state index is 0.0146. The van der Waals surface area contributed by atoms with Gasteiger partial charge in [-0.3, -0.25) is 4.79 Å². The summed E-state index contributed by atoms with van der Waals surface area (Å²) in [5, 5.41) is 8.72. The maximum atomic E-state index is 11.8. The summed E-state index contributed by atoms with van der Waals surface area (Å²) in [5.41, 5.74) is 0. The van der Waals surface area contributed by atoms with Gasteiger partial charge in [0.1, 0.15) is 0 Å². The molecule has 0 bridgehead atoms. The maximum absolute atomic E-state index is 11.8. The van der Waals surface area contributed by atoms with E-state index >= 15 is 0 Å². The largest absolute Gasteiger partial charge is 0.481 e. The van der Waals surface area contributed by atoms with Crippen molar-refractivity contribution in [2.24, 2.45) is 0 Å². The molecule has 0 saturated carbocycles. The summed E-state index contributed by atoms with van der Waals surface area (Å²) in [6.45, 7) is 1.95. The van der Waals surface area contributed by atoms with Gasteiger partial charge in [-0.05, 0) is 14.1 Å². The molecule has 0 aromatic rings. The topological polar surface area (TPSA) is 64.1 Å². The predicted octanol–water partition coefficient (Wildman–Crippen LogP) is -0.241. The lowest BCUT2D eigenvalue weighted by atomic mass is 10.2. The van der Waals surface area contributed by atoms with E-state index in [0.29, 0.717) is 13.1 Å². The van der Waals surface area contributed by atoms with Gasteiger partial charge in [0, 0.05) is 26.7 Å². The first kappa shape index (κ1) is 12.8. The van der Waals surface area contributed by atoms with Crippen molar-refractivity contribution in [1.82, 2.24) is 14.7 Å². The second-order valence-electron chi connectivity index (χ2n) is 4.39. The molecule has 1 rings (SSSR count). The summed E-state index contributed by atoms with van der Waals surface area (Å²) in [7, 11) is 5.55. The second-order valence-corrected chi connectivity index (χ2v) is 4.39. The van der Waals surface area contributed by atoms with Gasteiger partial charge in [0.2, 0.25) is 0 Å². The highest BCUT2D eigenvalue weighted by Gasteiger charge is 2.35. The van der Waals surface area contributed by atoms with E-state index in [1.807, 2.05) is 19.0 Å². The molecule has 2 amide bonds. The number of carboxylic acids is 1. The molecule has 1 heterocycles. The van der Waals surface area contributed by atoms with Gasteiger partial charge >= 0.3 is 12.0 Å². The molecule has 6 heteroatoms. The standard InChI is InChI=1S/C10H19N3O3/c1-11(2)4-5-13-7-8(6-9(14)15)12(3)10(13)16/h8H,4-7H2,1-3H3,(H,14,15). The van der Waals surface area contributed by atoms with E-state index in [1.165, 1.54) is 4.90 Å². The van der Waals surface area contributed by atoms with Crippen molar-refractivity contribution in [1.29, 1.82) is 0 Å². The minimum Gasteiger partial charge on any atom is -0.481 e. The van der Waals surface area contributed by atoms with Crippen LogP contribution in [0.3, 0.4) is 0 Å². The molecule has 1 fully saturated rings. The zero-order chi connectivity index (χ0) is 12.3. The third kappa shape index (κ3) is 3.10. The van der Waals surface area contributed by atoms with Crippen molar-refractivity contribution in [3.8, 4) is 0 Å². The molecular weight excluding hydrogens is 210 g/mol. The zero-order valence-electron chi connectivity index (χ0n) is 10.0. The monoisotopic (exact) mass is 229 g/mol. The summed E-state index contributed by atoms with van der Waals surface area (Å²) in [6, 6.07) is -0.278. The van der Waals surface area contributed by atoms with Crippen molar-refractivity contribution in [2.45, 2.75) is 12.5 Å². The molecule has 0 aromatic carbocycles. The highest BCUT2D eigenvalue weighted by Crippen LogP contribution is 2.16. The Labute approximate surface area is 95.4 Å².